The van der Waals surface area contributed by atoms with Crippen molar-refractivity contribution in [2.75, 3.05) is 19.7 Å². The van der Waals surface area contributed by atoms with Crippen LogP contribution < -0.4 is 0 Å². The molecular formula is C14H21N3O3. The molecule has 6 nitrogen and oxygen atoms in total. The molecule has 0 aliphatic carbocycles. The van der Waals surface area contributed by atoms with Crippen LogP contribution in [0.3, 0.4) is 0 Å². The first-order chi connectivity index (χ1) is 9.47. The third-order valence-corrected chi connectivity index (χ3v) is 2.72. The van der Waals surface area contributed by atoms with Gasteiger partial charge in [-0.25, -0.2) is 0 Å². The molecule has 0 N–H and O–H groups in total. The molecule has 0 radical (unpaired) electrons. The molecule has 0 unspecified atom stereocenters. The van der Waals surface area contributed by atoms with Gasteiger partial charge in [0.2, 0.25) is 5.91 Å². The molecule has 1 rings (SSSR count). The van der Waals surface area contributed by atoms with Crippen LogP contribution in [0.25, 0.3) is 0 Å². The summed E-state index contributed by atoms with van der Waals surface area (Å²) in [5, 5.41) is 4.24. The quantitative estimate of drug-likeness (QED) is 0.553. The van der Waals surface area contributed by atoms with E-state index in [4.69, 9.17) is 4.74 Å². The van der Waals surface area contributed by atoms with Gasteiger partial charge >= 0.3 is 5.97 Å². The van der Waals surface area contributed by atoms with Crippen LogP contribution in [0.5, 0.6) is 0 Å². The summed E-state index contributed by atoms with van der Waals surface area (Å²) in [6.07, 6.45) is 1.58. The second-order valence-corrected chi connectivity index (χ2v) is 4.45. The predicted octanol–water partition coefficient (Wildman–Crippen LogP) is 1.08. The summed E-state index contributed by atoms with van der Waals surface area (Å²) in [6.45, 7) is 9.71. The molecule has 0 atom stereocenters. The molecule has 6 heteroatoms. The Bertz CT molecular complexity index is 494. The van der Waals surface area contributed by atoms with Gasteiger partial charge < -0.3 is 9.64 Å². The van der Waals surface area contributed by atoms with Gasteiger partial charge in [0.25, 0.3) is 0 Å². The highest BCUT2D eigenvalue weighted by Crippen LogP contribution is 2.03. The molecule has 20 heavy (non-hydrogen) atoms. The van der Waals surface area contributed by atoms with Crippen LogP contribution in [0.15, 0.2) is 18.7 Å². The molecule has 0 saturated carbocycles. The lowest BCUT2D eigenvalue weighted by Gasteiger charge is -2.20. The summed E-state index contributed by atoms with van der Waals surface area (Å²) in [5.74, 6) is -0.611. The number of carbonyl (C=O) groups is 2. The minimum Gasteiger partial charge on any atom is -0.465 e. The van der Waals surface area contributed by atoms with Crippen LogP contribution in [0.1, 0.15) is 18.3 Å². The Morgan fingerprint density at radius 3 is 2.70 bits per heavy atom. The highest BCUT2D eigenvalue weighted by molar-refractivity contribution is 5.82. The van der Waals surface area contributed by atoms with Gasteiger partial charge in [-0.2, -0.15) is 5.10 Å². The molecule has 0 fully saturated rings. The minimum atomic E-state index is -0.420. The van der Waals surface area contributed by atoms with Gasteiger partial charge in [-0.05, 0) is 26.8 Å². The van der Waals surface area contributed by atoms with Gasteiger partial charge in [0, 0.05) is 12.2 Å². The number of carbonyl (C=O) groups excluding carboxylic acids is 2. The van der Waals surface area contributed by atoms with Crippen LogP contribution in [0, 0.1) is 13.8 Å². The van der Waals surface area contributed by atoms with Crippen molar-refractivity contribution in [2.45, 2.75) is 27.3 Å². The van der Waals surface area contributed by atoms with Crippen LogP contribution in [0.2, 0.25) is 0 Å². The average molecular weight is 279 g/mol. The maximum Gasteiger partial charge on any atom is 0.325 e. The van der Waals surface area contributed by atoms with E-state index in [-0.39, 0.29) is 19.0 Å². The lowest BCUT2D eigenvalue weighted by Crippen LogP contribution is -2.39. The van der Waals surface area contributed by atoms with Crippen molar-refractivity contribution in [3.8, 4) is 0 Å². The van der Waals surface area contributed by atoms with Crippen LogP contribution >= 0.6 is 0 Å². The number of rotatable bonds is 7. The largest absolute Gasteiger partial charge is 0.465 e. The van der Waals surface area contributed by atoms with Gasteiger partial charge in [-0.15, -0.1) is 6.58 Å². The normalized spacial score (nSPS) is 10.2. The first kappa shape index (κ1) is 15.9. The van der Waals surface area contributed by atoms with E-state index in [0.29, 0.717) is 13.2 Å². The maximum atomic E-state index is 12.2. The summed E-state index contributed by atoms with van der Waals surface area (Å²) >= 11 is 0. The first-order valence-corrected chi connectivity index (χ1v) is 6.53. The molecule has 0 spiro atoms. The molecule has 0 aromatic carbocycles. The second-order valence-electron chi connectivity index (χ2n) is 4.45. The molecular weight excluding hydrogens is 258 g/mol. The fourth-order valence-electron chi connectivity index (χ4n) is 1.84. The number of aromatic nitrogens is 2. The van der Waals surface area contributed by atoms with E-state index < -0.39 is 5.97 Å². The molecule has 1 aromatic rings. The van der Waals surface area contributed by atoms with Crippen LogP contribution in [-0.2, 0) is 20.9 Å². The zero-order valence-corrected chi connectivity index (χ0v) is 12.3. The molecule has 110 valence electrons. The topological polar surface area (TPSA) is 64.4 Å². The van der Waals surface area contributed by atoms with Crippen molar-refractivity contribution in [1.82, 2.24) is 14.7 Å². The zero-order chi connectivity index (χ0) is 15.1. The third kappa shape index (κ3) is 4.53. The van der Waals surface area contributed by atoms with Crippen molar-refractivity contribution in [1.29, 1.82) is 0 Å². The van der Waals surface area contributed by atoms with Crippen molar-refractivity contribution < 1.29 is 14.3 Å². The van der Waals surface area contributed by atoms with E-state index in [1.165, 1.54) is 4.90 Å². The summed E-state index contributed by atoms with van der Waals surface area (Å²) in [7, 11) is 0. The summed E-state index contributed by atoms with van der Waals surface area (Å²) in [6, 6.07) is 1.90. The van der Waals surface area contributed by atoms with Crippen molar-refractivity contribution in [2.24, 2.45) is 0 Å². The molecule has 1 aromatic heterocycles. The number of amides is 1. The molecule has 0 bridgehead atoms. The Balaban J connectivity index is 2.71. The molecule has 0 saturated heterocycles. The zero-order valence-electron chi connectivity index (χ0n) is 12.3. The fraction of sp³-hybridized carbons (Fsp3) is 0.500. The maximum absolute atomic E-state index is 12.2. The number of hydrogen-bond acceptors (Lipinski definition) is 4. The van der Waals surface area contributed by atoms with Crippen LogP contribution in [0.4, 0.5) is 0 Å². The smallest absolute Gasteiger partial charge is 0.325 e. The standard InChI is InChI=1S/C14H21N3O3/c1-5-7-16(10-14(19)20-6-2)13(18)9-17-12(4)8-11(3)15-17/h5,8H,1,6-7,9-10H2,2-4H3. The van der Waals surface area contributed by atoms with E-state index in [0.717, 1.165) is 11.4 Å². The monoisotopic (exact) mass is 279 g/mol. The van der Waals surface area contributed by atoms with Gasteiger partial charge in [0.15, 0.2) is 0 Å². The Hall–Kier alpha value is -2.11. The highest BCUT2D eigenvalue weighted by Gasteiger charge is 2.18. The van der Waals surface area contributed by atoms with Crippen molar-refractivity contribution in [3.63, 3.8) is 0 Å². The van der Waals surface area contributed by atoms with E-state index in [9.17, 15) is 9.59 Å². The summed E-state index contributed by atoms with van der Waals surface area (Å²) in [4.78, 5) is 25.1. The number of esters is 1. The lowest BCUT2D eigenvalue weighted by molar-refractivity contribution is -0.148. The number of hydrogen-bond donors (Lipinski definition) is 0. The highest BCUT2D eigenvalue weighted by atomic mass is 16.5. The van der Waals surface area contributed by atoms with Gasteiger partial charge in [-0.1, -0.05) is 6.08 Å². The Morgan fingerprint density at radius 1 is 1.50 bits per heavy atom. The van der Waals surface area contributed by atoms with Crippen LogP contribution in [-0.4, -0.2) is 46.3 Å². The van der Waals surface area contributed by atoms with E-state index in [1.54, 1.807) is 17.7 Å². The fourth-order valence-corrected chi connectivity index (χ4v) is 1.84. The van der Waals surface area contributed by atoms with Gasteiger partial charge in [-0.3, -0.25) is 14.3 Å². The van der Waals surface area contributed by atoms with E-state index in [1.807, 2.05) is 19.9 Å². The first-order valence-electron chi connectivity index (χ1n) is 6.53. The SMILES string of the molecule is C=CCN(CC(=O)OCC)C(=O)Cn1nc(C)cc1C. The minimum absolute atomic E-state index is 0.0714. The Kier molecular flexibility index (Phi) is 5.96. The Morgan fingerprint density at radius 2 is 2.20 bits per heavy atom. The summed E-state index contributed by atoms with van der Waals surface area (Å²) < 4.78 is 6.48. The molecule has 1 heterocycles. The molecule has 0 aliphatic heterocycles. The van der Waals surface area contributed by atoms with Gasteiger partial charge in [0.05, 0.1) is 12.3 Å². The summed E-state index contributed by atoms with van der Waals surface area (Å²) in [5.41, 5.74) is 1.77. The second kappa shape index (κ2) is 7.47. The number of nitrogens with zero attached hydrogens (tertiary/aromatic N) is 3. The van der Waals surface area contributed by atoms with E-state index in [2.05, 4.69) is 11.7 Å². The third-order valence-electron chi connectivity index (χ3n) is 2.72. The number of aryl methyl sites for hydroxylation is 2. The molecule has 0 aliphatic rings. The lowest BCUT2D eigenvalue weighted by atomic mass is 10.4. The van der Waals surface area contributed by atoms with Gasteiger partial charge in [0.1, 0.15) is 13.1 Å². The predicted molar refractivity (Wildman–Crippen MR) is 75.1 cm³/mol. The molecule has 1 amide bonds. The average Bonchev–Trinajstić information content (AvgIpc) is 2.67. The van der Waals surface area contributed by atoms with Crippen molar-refractivity contribution in [3.05, 3.63) is 30.1 Å². The van der Waals surface area contributed by atoms with E-state index >= 15 is 0 Å². The van der Waals surface area contributed by atoms with Crippen molar-refractivity contribution >= 4 is 11.9 Å². The Labute approximate surface area is 119 Å². The number of ether oxygens (including phenoxy) is 1.